The highest BCUT2D eigenvalue weighted by Gasteiger charge is 2.35. The number of nitrogens with one attached hydrogen (secondary N) is 2. The molecule has 0 bridgehead atoms. The molecule has 1 aliphatic rings. The molecule has 1 aromatic carbocycles. The molecular formula is C17H20N4O3S. The van der Waals surface area contributed by atoms with Crippen molar-refractivity contribution in [1.82, 2.24) is 15.6 Å². The molecule has 1 saturated heterocycles. The van der Waals surface area contributed by atoms with Crippen LogP contribution in [-0.4, -0.2) is 42.8 Å². The van der Waals surface area contributed by atoms with Crippen LogP contribution in [-0.2, 0) is 14.4 Å². The number of fused-ring (bicyclic) bond motifs is 1. The molecule has 25 heavy (non-hydrogen) atoms. The summed E-state index contributed by atoms with van der Waals surface area (Å²) >= 11 is 1.62. The normalized spacial score (nSPS) is 17.1. The van der Waals surface area contributed by atoms with E-state index in [1.807, 2.05) is 25.1 Å². The first kappa shape index (κ1) is 17.3. The molecular weight excluding hydrogens is 340 g/mol. The van der Waals surface area contributed by atoms with Crippen LogP contribution in [0, 0.1) is 12.8 Å². The van der Waals surface area contributed by atoms with Crippen molar-refractivity contribution in [2.45, 2.75) is 19.8 Å². The highest BCUT2D eigenvalue weighted by Crippen LogP contribution is 2.30. The van der Waals surface area contributed by atoms with Gasteiger partial charge in [0.05, 0.1) is 21.1 Å². The first-order valence-electron chi connectivity index (χ1n) is 8.21. The fourth-order valence-electron chi connectivity index (χ4n) is 2.94. The Morgan fingerprint density at radius 2 is 2.28 bits per heavy atom. The summed E-state index contributed by atoms with van der Waals surface area (Å²) in [6.07, 6.45) is 1.51. The van der Waals surface area contributed by atoms with Gasteiger partial charge in [-0.25, -0.2) is 4.98 Å². The second-order valence-corrected chi connectivity index (χ2v) is 7.24. The molecule has 1 aliphatic heterocycles. The Bertz CT molecular complexity index is 804. The largest absolute Gasteiger partial charge is 0.359 e. The minimum Gasteiger partial charge on any atom is -0.359 e. The van der Waals surface area contributed by atoms with E-state index in [-0.39, 0.29) is 24.2 Å². The molecule has 0 spiro atoms. The van der Waals surface area contributed by atoms with Crippen LogP contribution >= 0.6 is 11.3 Å². The van der Waals surface area contributed by atoms with Crippen LogP contribution in [0.3, 0.4) is 0 Å². The maximum Gasteiger partial charge on any atom is 0.227 e. The van der Waals surface area contributed by atoms with E-state index in [0.717, 1.165) is 20.9 Å². The highest BCUT2D eigenvalue weighted by atomic mass is 32.1. The second-order valence-electron chi connectivity index (χ2n) is 6.01. The first-order chi connectivity index (χ1) is 12.1. The first-order valence-corrected chi connectivity index (χ1v) is 9.02. The summed E-state index contributed by atoms with van der Waals surface area (Å²) < 4.78 is 1.09. The monoisotopic (exact) mass is 360 g/mol. The topological polar surface area (TPSA) is 91.4 Å². The maximum absolute atomic E-state index is 12.3. The van der Waals surface area contributed by atoms with Gasteiger partial charge in [-0.15, -0.1) is 11.3 Å². The van der Waals surface area contributed by atoms with Crippen LogP contribution in [0.4, 0.5) is 5.69 Å². The minimum absolute atomic E-state index is 0.0472. The van der Waals surface area contributed by atoms with Gasteiger partial charge in [0.1, 0.15) is 0 Å². The summed E-state index contributed by atoms with van der Waals surface area (Å²) in [6.45, 7) is 3.34. The average Bonchev–Trinajstić information content (AvgIpc) is 3.15. The number of rotatable bonds is 7. The van der Waals surface area contributed by atoms with Crippen LogP contribution in [0.15, 0.2) is 18.2 Å². The molecule has 2 heterocycles. The number of nitrogens with zero attached hydrogens (tertiary/aromatic N) is 2. The summed E-state index contributed by atoms with van der Waals surface area (Å²) in [6, 6.07) is 5.78. The standard InChI is InChI=1S/C17H20N4O3S/c1-11-20-14-8-13(3-4-15(14)25-11)21-9-12(7-16(21)23)17(24)19-6-2-5-18-10-22/h3-4,8,10,12H,2,5-7,9H2,1H3,(H,18,22)(H,19,24). The van der Waals surface area contributed by atoms with Crippen LogP contribution in [0.25, 0.3) is 10.2 Å². The third-order valence-corrected chi connectivity index (χ3v) is 5.12. The van der Waals surface area contributed by atoms with E-state index in [2.05, 4.69) is 15.6 Å². The predicted molar refractivity (Wildman–Crippen MR) is 96.5 cm³/mol. The van der Waals surface area contributed by atoms with Gasteiger partial charge in [-0.3, -0.25) is 14.4 Å². The van der Waals surface area contributed by atoms with Gasteiger partial charge in [0, 0.05) is 31.7 Å². The SMILES string of the molecule is Cc1nc2cc(N3CC(C(=O)NCCCNC=O)CC3=O)ccc2s1. The Kier molecular flexibility index (Phi) is 5.28. The van der Waals surface area contributed by atoms with E-state index < -0.39 is 0 Å². The summed E-state index contributed by atoms with van der Waals surface area (Å²) in [7, 11) is 0. The second kappa shape index (κ2) is 7.60. The number of hydrogen-bond donors (Lipinski definition) is 2. The van der Waals surface area contributed by atoms with Crippen LogP contribution in [0.1, 0.15) is 17.8 Å². The third kappa shape index (κ3) is 3.96. The van der Waals surface area contributed by atoms with Gasteiger partial charge in [0.15, 0.2) is 0 Å². The molecule has 1 fully saturated rings. The number of benzene rings is 1. The number of hydrogen-bond acceptors (Lipinski definition) is 5. The number of thiazole rings is 1. The molecule has 2 aromatic rings. The summed E-state index contributed by atoms with van der Waals surface area (Å²) in [5.41, 5.74) is 1.66. The van der Waals surface area contributed by atoms with Crippen LogP contribution in [0.2, 0.25) is 0 Å². The van der Waals surface area contributed by atoms with Crippen molar-refractivity contribution in [2.75, 3.05) is 24.5 Å². The van der Waals surface area contributed by atoms with E-state index in [9.17, 15) is 14.4 Å². The molecule has 1 atom stereocenters. The van der Waals surface area contributed by atoms with E-state index in [4.69, 9.17) is 0 Å². The smallest absolute Gasteiger partial charge is 0.227 e. The Labute approximate surface area is 149 Å². The lowest BCUT2D eigenvalue weighted by Gasteiger charge is -2.16. The van der Waals surface area contributed by atoms with Gasteiger partial charge in [-0.1, -0.05) is 0 Å². The Balaban J connectivity index is 1.61. The van der Waals surface area contributed by atoms with Crippen molar-refractivity contribution in [3.63, 3.8) is 0 Å². The Morgan fingerprint density at radius 1 is 1.44 bits per heavy atom. The fraction of sp³-hybridized carbons (Fsp3) is 0.412. The van der Waals surface area contributed by atoms with Crippen LogP contribution < -0.4 is 15.5 Å². The third-order valence-electron chi connectivity index (χ3n) is 4.17. The van der Waals surface area contributed by atoms with Gasteiger partial charge in [0.25, 0.3) is 0 Å². The molecule has 3 amide bonds. The van der Waals surface area contributed by atoms with Gasteiger partial charge in [-0.05, 0) is 31.5 Å². The van der Waals surface area contributed by atoms with Crippen molar-refractivity contribution >= 4 is 45.5 Å². The van der Waals surface area contributed by atoms with Crippen molar-refractivity contribution in [3.8, 4) is 0 Å². The Hall–Kier alpha value is -2.48. The van der Waals surface area contributed by atoms with Crippen molar-refractivity contribution in [1.29, 1.82) is 0 Å². The quantitative estimate of drug-likeness (QED) is 0.573. The zero-order valence-electron chi connectivity index (χ0n) is 13.9. The van der Waals surface area contributed by atoms with Gasteiger partial charge in [-0.2, -0.15) is 0 Å². The van der Waals surface area contributed by atoms with E-state index in [0.29, 0.717) is 32.5 Å². The molecule has 132 valence electrons. The van der Waals surface area contributed by atoms with E-state index in [1.165, 1.54) is 0 Å². The number of amides is 3. The van der Waals surface area contributed by atoms with E-state index in [1.54, 1.807) is 16.2 Å². The number of anilines is 1. The highest BCUT2D eigenvalue weighted by molar-refractivity contribution is 7.18. The molecule has 2 N–H and O–H groups in total. The van der Waals surface area contributed by atoms with Crippen molar-refractivity contribution < 1.29 is 14.4 Å². The molecule has 1 aromatic heterocycles. The van der Waals surface area contributed by atoms with Crippen LogP contribution in [0.5, 0.6) is 0 Å². The molecule has 8 heteroatoms. The minimum atomic E-state index is -0.348. The molecule has 7 nitrogen and oxygen atoms in total. The van der Waals surface area contributed by atoms with Gasteiger partial charge in [0.2, 0.25) is 18.2 Å². The van der Waals surface area contributed by atoms with E-state index >= 15 is 0 Å². The molecule has 0 radical (unpaired) electrons. The molecule has 0 saturated carbocycles. The fourth-order valence-corrected chi connectivity index (χ4v) is 3.74. The zero-order chi connectivity index (χ0) is 17.8. The summed E-state index contributed by atoms with van der Waals surface area (Å²) in [4.78, 5) is 40.8. The zero-order valence-corrected chi connectivity index (χ0v) is 14.8. The molecule has 3 rings (SSSR count). The number of carbonyl (C=O) groups excluding carboxylic acids is 3. The number of aryl methyl sites for hydroxylation is 1. The Morgan fingerprint density at radius 3 is 3.08 bits per heavy atom. The molecule has 1 unspecified atom stereocenters. The number of aromatic nitrogens is 1. The summed E-state index contributed by atoms with van der Waals surface area (Å²) in [5.74, 6) is -0.513. The lowest BCUT2D eigenvalue weighted by atomic mass is 10.1. The molecule has 0 aliphatic carbocycles. The average molecular weight is 360 g/mol. The number of carbonyl (C=O) groups is 3. The van der Waals surface area contributed by atoms with Crippen molar-refractivity contribution in [2.24, 2.45) is 5.92 Å². The maximum atomic E-state index is 12.3. The van der Waals surface area contributed by atoms with Gasteiger partial charge < -0.3 is 15.5 Å². The summed E-state index contributed by atoms with van der Waals surface area (Å²) in [5, 5.41) is 6.36. The predicted octanol–water partition coefficient (Wildman–Crippen LogP) is 1.21. The lowest BCUT2D eigenvalue weighted by molar-refractivity contribution is -0.126. The van der Waals surface area contributed by atoms with Gasteiger partial charge >= 0.3 is 0 Å². The lowest BCUT2D eigenvalue weighted by Crippen LogP contribution is -2.34. The van der Waals surface area contributed by atoms with Crippen molar-refractivity contribution in [3.05, 3.63) is 23.2 Å².